The number of carbonyl (C=O) groups is 1. The van der Waals surface area contributed by atoms with Gasteiger partial charge in [0.15, 0.2) is 18.1 Å². The number of ether oxygens (including phenoxy) is 3. The minimum atomic E-state index is -0.548. The van der Waals surface area contributed by atoms with Crippen molar-refractivity contribution < 1.29 is 23.4 Å². The molecule has 126 valence electrons. The van der Waals surface area contributed by atoms with Crippen LogP contribution >= 0.6 is 27.5 Å². The van der Waals surface area contributed by atoms with Gasteiger partial charge in [-0.2, -0.15) is 0 Å². The van der Waals surface area contributed by atoms with E-state index in [2.05, 4.69) is 21.2 Å². The number of carbonyl (C=O) groups excluding carboxylic acids is 1. The molecule has 1 amide bonds. The quantitative estimate of drug-likeness (QED) is 0.818. The van der Waals surface area contributed by atoms with Crippen molar-refractivity contribution in [3.8, 4) is 17.2 Å². The van der Waals surface area contributed by atoms with Crippen LogP contribution in [-0.2, 0) is 4.79 Å². The summed E-state index contributed by atoms with van der Waals surface area (Å²) in [4.78, 5) is 12.0. The first kappa shape index (κ1) is 16.9. The molecule has 2 aromatic rings. The molecule has 0 saturated heterocycles. The van der Waals surface area contributed by atoms with Crippen LogP contribution in [0.4, 0.5) is 10.1 Å². The molecule has 1 heterocycles. The molecular weight excluding hydrogens is 405 g/mol. The molecule has 2 aromatic carbocycles. The zero-order valence-electron chi connectivity index (χ0n) is 12.3. The summed E-state index contributed by atoms with van der Waals surface area (Å²) in [6.45, 7) is 0.693. The number of fused-ring (bicyclic) bond motifs is 1. The van der Waals surface area contributed by atoms with Gasteiger partial charge in [0.2, 0.25) is 0 Å². The minimum absolute atomic E-state index is 0.0671. The van der Waals surface area contributed by atoms with Crippen molar-refractivity contribution >= 4 is 39.1 Å². The zero-order valence-corrected chi connectivity index (χ0v) is 14.6. The summed E-state index contributed by atoms with van der Waals surface area (Å²) in [5.41, 5.74) is 0.532. The van der Waals surface area contributed by atoms with Crippen LogP contribution in [-0.4, -0.2) is 25.7 Å². The second kappa shape index (κ2) is 7.27. The van der Waals surface area contributed by atoms with Crippen molar-refractivity contribution in [2.45, 2.75) is 0 Å². The number of rotatable bonds is 4. The van der Waals surface area contributed by atoms with Crippen molar-refractivity contribution in [3.05, 3.63) is 45.6 Å². The maximum Gasteiger partial charge on any atom is 0.262 e. The standard InChI is InChI=1S/C16H12BrClFNO4/c17-10-6-14-15(23-4-3-22-14)7-13(10)20-16(21)8-24-9-1-2-12(19)11(18)5-9/h1-2,5-7H,3-4,8H2,(H,20,21). The fourth-order valence-electron chi connectivity index (χ4n) is 2.06. The Balaban J connectivity index is 1.63. The predicted molar refractivity (Wildman–Crippen MR) is 90.7 cm³/mol. The number of nitrogens with one attached hydrogen (secondary N) is 1. The van der Waals surface area contributed by atoms with Gasteiger partial charge in [0.05, 0.1) is 10.7 Å². The second-order valence-corrected chi connectivity index (χ2v) is 6.15. The molecule has 3 rings (SSSR count). The predicted octanol–water partition coefficient (Wildman–Crippen LogP) is 4.03. The number of anilines is 1. The topological polar surface area (TPSA) is 56.8 Å². The molecule has 1 N–H and O–H groups in total. The highest BCUT2D eigenvalue weighted by Crippen LogP contribution is 2.38. The van der Waals surface area contributed by atoms with Gasteiger partial charge < -0.3 is 19.5 Å². The minimum Gasteiger partial charge on any atom is -0.486 e. The van der Waals surface area contributed by atoms with E-state index < -0.39 is 5.82 Å². The summed E-state index contributed by atoms with van der Waals surface area (Å²) in [5.74, 6) is 0.550. The van der Waals surface area contributed by atoms with Crippen LogP contribution in [0.1, 0.15) is 0 Å². The van der Waals surface area contributed by atoms with Gasteiger partial charge in [0.25, 0.3) is 5.91 Å². The molecule has 0 spiro atoms. The largest absolute Gasteiger partial charge is 0.486 e. The molecule has 0 bridgehead atoms. The normalized spacial score (nSPS) is 12.6. The number of amides is 1. The van der Waals surface area contributed by atoms with Crippen LogP contribution in [0.5, 0.6) is 17.2 Å². The number of hydrogen-bond acceptors (Lipinski definition) is 4. The molecule has 0 fully saturated rings. The summed E-state index contributed by atoms with van der Waals surface area (Å²) in [6.07, 6.45) is 0. The van der Waals surface area contributed by atoms with E-state index in [1.165, 1.54) is 18.2 Å². The Hall–Kier alpha value is -1.99. The van der Waals surface area contributed by atoms with Gasteiger partial charge in [-0.05, 0) is 28.1 Å². The van der Waals surface area contributed by atoms with Crippen LogP contribution in [0.2, 0.25) is 5.02 Å². The van der Waals surface area contributed by atoms with Gasteiger partial charge >= 0.3 is 0 Å². The molecule has 1 aliphatic rings. The second-order valence-electron chi connectivity index (χ2n) is 4.89. The Morgan fingerprint density at radius 1 is 1.25 bits per heavy atom. The Labute approximate surface area is 150 Å². The SMILES string of the molecule is O=C(COc1ccc(F)c(Cl)c1)Nc1cc2c(cc1Br)OCCO2. The number of benzene rings is 2. The Bertz CT molecular complexity index is 787. The average molecular weight is 417 g/mol. The Morgan fingerprint density at radius 3 is 2.67 bits per heavy atom. The van der Waals surface area contributed by atoms with Crippen LogP contribution in [0.25, 0.3) is 0 Å². The molecule has 0 aliphatic carbocycles. The van der Waals surface area contributed by atoms with Crippen molar-refractivity contribution in [2.75, 3.05) is 25.1 Å². The third-order valence-electron chi connectivity index (χ3n) is 3.17. The van der Waals surface area contributed by atoms with E-state index in [4.69, 9.17) is 25.8 Å². The van der Waals surface area contributed by atoms with E-state index in [0.29, 0.717) is 40.6 Å². The lowest BCUT2D eigenvalue weighted by Gasteiger charge is -2.20. The molecule has 0 unspecified atom stereocenters. The first-order chi connectivity index (χ1) is 11.5. The summed E-state index contributed by atoms with van der Waals surface area (Å²) in [5, 5.41) is 2.64. The van der Waals surface area contributed by atoms with Crippen molar-refractivity contribution in [1.82, 2.24) is 0 Å². The highest BCUT2D eigenvalue weighted by molar-refractivity contribution is 9.10. The summed E-state index contributed by atoms with van der Waals surface area (Å²) >= 11 is 9.03. The van der Waals surface area contributed by atoms with E-state index in [1.807, 2.05) is 0 Å². The van der Waals surface area contributed by atoms with Gasteiger partial charge in [-0.3, -0.25) is 4.79 Å². The highest BCUT2D eigenvalue weighted by atomic mass is 79.9. The van der Waals surface area contributed by atoms with Gasteiger partial charge in [0, 0.05) is 22.7 Å². The van der Waals surface area contributed by atoms with Crippen LogP contribution < -0.4 is 19.5 Å². The van der Waals surface area contributed by atoms with E-state index in [9.17, 15) is 9.18 Å². The van der Waals surface area contributed by atoms with Crippen LogP contribution in [0.15, 0.2) is 34.8 Å². The molecular formula is C16H12BrClFNO4. The van der Waals surface area contributed by atoms with Crippen LogP contribution in [0.3, 0.4) is 0 Å². The third-order valence-corrected chi connectivity index (χ3v) is 4.11. The number of hydrogen-bond donors (Lipinski definition) is 1. The first-order valence-electron chi connectivity index (χ1n) is 7.00. The lowest BCUT2D eigenvalue weighted by Crippen LogP contribution is -2.21. The zero-order chi connectivity index (χ0) is 17.1. The molecule has 0 radical (unpaired) electrons. The molecule has 5 nitrogen and oxygen atoms in total. The first-order valence-corrected chi connectivity index (χ1v) is 8.17. The van der Waals surface area contributed by atoms with Crippen LogP contribution in [0, 0.1) is 5.82 Å². The monoisotopic (exact) mass is 415 g/mol. The number of halogens is 3. The van der Waals surface area contributed by atoms with Gasteiger partial charge in [0.1, 0.15) is 24.8 Å². The Morgan fingerprint density at radius 2 is 1.96 bits per heavy atom. The van der Waals surface area contributed by atoms with Gasteiger partial charge in [-0.1, -0.05) is 11.6 Å². The molecule has 0 saturated carbocycles. The molecule has 1 aliphatic heterocycles. The molecule has 8 heteroatoms. The fourth-order valence-corrected chi connectivity index (χ4v) is 2.65. The third kappa shape index (κ3) is 3.91. The van der Waals surface area contributed by atoms with E-state index in [-0.39, 0.29) is 17.5 Å². The highest BCUT2D eigenvalue weighted by Gasteiger charge is 2.16. The Kier molecular flexibility index (Phi) is 5.11. The molecule has 0 atom stereocenters. The van der Waals surface area contributed by atoms with Gasteiger partial charge in [-0.25, -0.2) is 4.39 Å². The average Bonchev–Trinajstić information content (AvgIpc) is 2.56. The van der Waals surface area contributed by atoms with Gasteiger partial charge in [-0.15, -0.1) is 0 Å². The van der Waals surface area contributed by atoms with E-state index in [1.54, 1.807) is 12.1 Å². The maximum atomic E-state index is 13.1. The van der Waals surface area contributed by atoms with Crippen molar-refractivity contribution in [1.29, 1.82) is 0 Å². The molecule has 24 heavy (non-hydrogen) atoms. The summed E-state index contributed by atoms with van der Waals surface area (Å²) in [6, 6.07) is 7.28. The van der Waals surface area contributed by atoms with Crippen molar-refractivity contribution in [2.24, 2.45) is 0 Å². The van der Waals surface area contributed by atoms with Crippen molar-refractivity contribution in [3.63, 3.8) is 0 Å². The maximum absolute atomic E-state index is 13.1. The fraction of sp³-hybridized carbons (Fsp3) is 0.188. The summed E-state index contributed by atoms with van der Waals surface area (Å²) in [7, 11) is 0. The summed E-state index contributed by atoms with van der Waals surface area (Å²) < 4.78 is 30.0. The smallest absolute Gasteiger partial charge is 0.262 e. The lowest BCUT2D eigenvalue weighted by atomic mass is 10.2. The lowest BCUT2D eigenvalue weighted by molar-refractivity contribution is -0.118. The van der Waals surface area contributed by atoms with E-state index >= 15 is 0 Å². The van der Waals surface area contributed by atoms with E-state index in [0.717, 1.165) is 0 Å². The molecule has 0 aromatic heterocycles.